The summed E-state index contributed by atoms with van der Waals surface area (Å²) in [6, 6.07) is 14.8. The van der Waals surface area contributed by atoms with E-state index in [4.69, 9.17) is 0 Å². The van der Waals surface area contributed by atoms with Crippen molar-refractivity contribution in [3.63, 3.8) is 0 Å². The molecule has 0 aliphatic heterocycles. The number of alkyl halides is 3. The van der Waals surface area contributed by atoms with Crippen LogP contribution in [0.15, 0.2) is 59.4 Å². The van der Waals surface area contributed by atoms with Gasteiger partial charge in [0.25, 0.3) is 5.56 Å². The van der Waals surface area contributed by atoms with Crippen molar-refractivity contribution in [1.29, 1.82) is 0 Å². The van der Waals surface area contributed by atoms with Gasteiger partial charge in [0, 0.05) is 13.1 Å². The SMILES string of the molecule is CC(C(=O)NCCCN(C)Cc1ccccc1)n1c(=O)c(C(F)(F)F)nc2ccccc21. The maximum absolute atomic E-state index is 13.3. The second kappa shape index (κ2) is 9.95. The number of amides is 1. The van der Waals surface area contributed by atoms with E-state index in [9.17, 15) is 22.8 Å². The summed E-state index contributed by atoms with van der Waals surface area (Å²) in [7, 11) is 1.97. The highest BCUT2D eigenvalue weighted by Gasteiger charge is 2.38. The molecule has 0 aliphatic carbocycles. The zero-order valence-corrected chi connectivity index (χ0v) is 17.9. The predicted molar refractivity (Wildman–Crippen MR) is 116 cm³/mol. The summed E-state index contributed by atoms with van der Waals surface area (Å²) in [5.74, 6) is -0.526. The molecule has 0 fully saturated rings. The maximum Gasteiger partial charge on any atom is 0.438 e. The Balaban J connectivity index is 1.67. The smallest absolute Gasteiger partial charge is 0.354 e. The van der Waals surface area contributed by atoms with Gasteiger partial charge in [-0.05, 0) is 44.6 Å². The van der Waals surface area contributed by atoms with Crippen LogP contribution in [0, 0.1) is 0 Å². The summed E-state index contributed by atoms with van der Waals surface area (Å²) in [6.45, 7) is 3.24. The van der Waals surface area contributed by atoms with Gasteiger partial charge < -0.3 is 10.2 Å². The topological polar surface area (TPSA) is 67.2 Å². The first-order valence-corrected chi connectivity index (χ1v) is 10.3. The zero-order chi connectivity index (χ0) is 23.3. The van der Waals surface area contributed by atoms with E-state index in [0.29, 0.717) is 13.0 Å². The van der Waals surface area contributed by atoms with Crippen molar-refractivity contribution in [3.8, 4) is 0 Å². The first kappa shape index (κ1) is 23.5. The molecule has 32 heavy (non-hydrogen) atoms. The summed E-state index contributed by atoms with van der Waals surface area (Å²) >= 11 is 0. The Labute approximate surface area is 183 Å². The largest absolute Gasteiger partial charge is 0.438 e. The van der Waals surface area contributed by atoms with E-state index < -0.39 is 29.4 Å². The summed E-state index contributed by atoms with van der Waals surface area (Å²) in [4.78, 5) is 30.8. The highest BCUT2D eigenvalue weighted by molar-refractivity contribution is 5.83. The minimum absolute atomic E-state index is 0.00149. The summed E-state index contributed by atoms with van der Waals surface area (Å²) in [5, 5.41) is 2.72. The van der Waals surface area contributed by atoms with Crippen LogP contribution in [0.2, 0.25) is 0 Å². The van der Waals surface area contributed by atoms with Gasteiger partial charge in [-0.15, -0.1) is 0 Å². The average molecular weight is 446 g/mol. The molecule has 1 atom stereocenters. The molecule has 6 nitrogen and oxygen atoms in total. The molecular weight excluding hydrogens is 421 g/mol. The normalized spacial score (nSPS) is 12.8. The van der Waals surface area contributed by atoms with Crippen LogP contribution in [-0.2, 0) is 17.5 Å². The Kier molecular flexibility index (Phi) is 7.29. The molecule has 0 spiro atoms. The van der Waals surface area contributed by atoms with E-state index in [0.717, 1.165) is 17.7 Å². The van der Waals surface area contributed by atoms with E-state index in [2.05, 4.69) is 15.2 Å². The third-order valence-electron chi connectivity index (χ3n) is 5.14. The van der Waals surface area contributed by atoms with E-state index in [1.54, 1.807) is 6.07 Å². The Morgan fingerprint density at radius 2 is 1.78 bits per heavy atom. The van der Waals surface area contributed by atoms with Crippen LogP contribution in [0.1, 0.15) is 30.6 Å². The molecule has 1 N–H and O–H groups in total. The van der Waals surface area contributed by atoms with E-state index in [-0.39, 0.29) is 11.0 Å². The van der Waals surface area contributed by atoms with E-state index in [1.807, 2.05) is 37.4 Å². The molecule has 0 saturated carbocycles. The summed E-state index contributed by atoms with van der Waals surface area (Å²) < 4.78 is 40.8. The number of nitrogens with zero attached hydrogens (tertiary/aromatic N) is 3. The molecule has 2 aromatic carbocycles. The number of fused-ring (bicyclic) bond motifs is 1. The first-order chi connectivity index (χ1) is 15.2. The van der Waals surface area contributed by atoms with Gasteiger partial charge in [0.05, 0.1) is 11.0 Å². The van der Waals surface area contributed by atoms with Crippen molar-refractivity contribution in [3.05, 3.63) is 76.2 Å². The van der Waals surface area contributed by atoms with Crippen molar-refractivity contribution in [2.45, 2.75) is 32.1 Å². The van der Waals surface area contributed by atoms with E-state index >= 15 is 0 Å². The number of rotatable bonds is 8. The van der Waals surface area contributed by atoms with Crippen LogP contribution >= 0.6 is 0 Å². The number of aromatic nitrogens is 2. The molecule has 0 bridgehead atoms. The Morgan fingerprint density at radius 3 is 2.47 bits per heavy atom. The van der Waals surface area contributed by atoms with Crippen LogP contribution < -0.4 is 10.9 Å². The molecule has 1 heterocycles. The van der Waals surface area contributed by atoms with Crippen molar-refractivity contribution in [1.82, 2.24) is 19.8 Å². The lowest BCUT2D eigenvalue weighted by Gasteiger charge is -2.20. The van der Waals surface area contributed by atoms with Crippen molar-refractivity contribution in [2.24, 2.45) is 0 Å². The van der Waals surface area contributed by atoms with Gasteiger partial charge in [-0.2, -0.15) is 13.2 Å². The Bertz CT molecular complexity index is 1130. The molecule has 0 aliphatic rings. The van der Waals surface area contributed by atoms with Gasteiger partial charge in [0.2, 0.25) is 11.6 Å². The second-order valence-electron chi connectivity index (χ2n) is 7.67. The van der Waals surface area contributed by atoms with Gasteiger partial charge in [0.15, 0.2) is 0 Å². The maximum atomic E-state index is 13.3. The monoisotopic (exact) mass is 446 g/mol. The van der Waals surface area contributed by atoms with Crippen LogP contribution in [0.3, 0.4) is 0 Å². The molecule has 3 aromatic rings. The lowest BCUT2D eigenvalue weighted by atomic mass is 10.2. The van der Waals surface area contributed by atoms with Crippen LogP contribution in [-0.4, -0.2) is 40.5 Å². The molecule has 3 rings (SSSR count). The fourth-order valence-electron chi connectivity index (χ4n) is 3.52. The number of hydrogen-bond donors (Lipinski definition) is 1. The van der Waals surface area contributed by atoms with E-state index in [1.165, 1.54) is 30.7 Å². The van der Waals surface area contributed by atoms with Crippen molar-refractivity contribution >= 4 is 16.9 Å². The molecular formula is C23H25F3N4O2. The van der Waals surface area contributed by atoms with Gasteiger partial charge in [-0.1, -0.05) is 42.5 Å². The second-order valence-corrected chi connectivity index (χ2v) is 7.67. The van der Waals surface area contributed by atoms with Gasteiger partial charge in [-0.3, -0.25) is 14.2 Å². The Hall–Kier alpha value is -3.20. The molecule has 1 amide bonds. The molecule has 9 heteroatoms. The average Bonchev–Trinajstić information content (AvgIpc) is 2.75. The number of benzene rings is 2. The van der Waals surface area contributed by atoms with Crippen LogP contribution in [0.25, 0.3) is 11.0 Å². The van der Waals surface area contributed by atoms with Gasteiger partial charge >= 0.3 is 6.18 Å². The molecule has 0 radical (unpaired) electrons. The third kappa shape index (κ3) is 5.53. The van der Waals surface area contributed by atoms with Gasteiger partial charge in [0.1, 0.15) is 6.04 Å². The standard InChI is InChI=1S/C23H25F3N4O2/c1-16(21(31)27-13-8-14-29(2)15-17-9-4-3-5-10-17)30-19-12-7-6-11-18(19)28-20(22(30)32)23(24,25)26/h3-7,9-12,16H,8,13-15H2,1-2H3,(H,27,31). The molecule has 170 valence electrons. The summed E-state index contributed by atoms with van der Waals surface area (Å²) in [6.07, 6.45) is -4.26. The zero-order valence-electron chi connectivity index (χ0n) is 17.9. The van der Waals surface area contributed by atoms with Gasteiger partial charge in [-0.25, -0.2) is 4.98 Å². The number of carbonyl (C=O) groups is 1. The van der Waals surface area contributed by atoms with Crippen LogP contribution in [0.4, 0.5) is 13.2 Å². The van der Waals surface area contributed by atoms with Crippen LogP contribution in [0.5, 0.6) is 0 Å². The minimum Gasteiger partial charge on any atom is -0.354 e. The summed E-state index contributed by atoms with van der Waals surface area (Å²) in [5.41, 5.74) is -1.51. The minimum atomic E-state index is -4.91. The molecule has 1 aromatic heterocycles. The number of hydrogen-bond acceptors (Lipinski definition) is 4. The Morgan fingerprint density at radius 1 is 1.12 bits per heavy atom. The first-order valence-electron chi connectivity index (χ1n) is 10.3. The third-order valence-corrected chi connectivity index (χ3v) is 5.14. The van der Waals surface area contributed by atoms with Crippen molar-refractivity contribution < 1.29 is 18.0 Å². The number of carbonyl (C=O) groups excluding carboxylic acids is 1. The lowest BCUT2D eigenvalue weighted by Crippen LogP contribution is -2.39. The van der Waals surface area contributed by atoms with Crippen molar-refractivity contribution in [2.75, 3.05) is 20.1 Å². The quantitative estimate of drug-likeness (QED) is 0.537. The number of para-hydroxylation sites is 2. The number of halogens is 3. The molecule has 1 unspecified atom stereocenters. The number of nitrogens with one attached hydrogen (secondary N) is 1. The molecule has 0 saturated heterocycles. The highest BCUT2D eigenvalue weighted by Crippen LogP contribution is 2.27. The fourth-order valence-corrected chi connectivity index (χ4v) is 3.52. The fraction of sp³-hybridized carbons (Fsp3) is 0.348. The predicted octanol–water partition coefficient (Wildman–Crippen LogP) is 3.61. The highest BCUT2D eigenvalue weighted by atomic mass is 19.4. The lowest BCUT2D eigenvalue weighted by molar-refractivity contribution is -0.142.